The molecule has 0 bridgehead atoms. The fourth-order valence-electron chi connectivity index (χ4n) is 4.85. The van der Waals surface area contributed by atoms with Crippen LogP contribution in [-0.4, -0.2) is 60.6 Å². The predicted molar refractivity (Wildman–Crippen MR) is 115 cm³/mol. The molecule has 1 saturated carbocycles. The first-order valence-electron chi connectivity index (χ1n) is 11.3. The molecule has 2 fully saturated rings. The van der Waals surface area contributed by atoms with E-state index in [4.69, 9.17) is 9.47 Å². The van der Waals surface area contributed by atoms with Crippen LogP contribution in [0.2, 0.25) is 0 Å². The van der Waals surface area contributed by atoms with Crippen LogP contribution >= 0.6 is 0 Å². The summed E-state index contributed by atoms with van der Waals surface area (Å²) in [5.74, 6) is 2.10. The Kier molecular flexibility index (Phi) is 6.46. The maximum Gasteiger partial charge on any atom is 0.242 e. The summed E-state index contributed by atoms with van der Waals surface area (Å²) in [6.45, 7) is 7.16. The molecule has 7 nitrogen and oxygen atoms in total. The van der Waals surface area contributed by atoms with Crippen LogP contribution in [0.3, 0.4) is 0 Å². The molecule has 0 radical (unpaired) electrons. The van der Waals surface area contributed by atoms with Crippen LogP contribution in [0.4, 0.5) is 5.69 Å². The van der Waals surface area contributed by atoms with Crippen molar-refractivity contribution in [2.24, 2.45) is 11.8 Å². The highest BCUT2D eigenvalue weighted by Gasteiger charge is 2.37. The van der Waals surface area contributed by atoms with E-state index in [0.717, 1.165) is 38.0 Å². The number of piperazine rings is 1. The van der Waals surface area contributed by atoms with Crippen molar-refractivity contribution in [1.82, 2.24) is 9.80 Å². The number of fused-ring (bicyclic) bond motifs is 1. The number of nitrogens with zero attached hydrogens (tertiary/aromatic N) is 2. The minimum absolute atomic E-state index is 0.0440. The van der Waals surface area contributed by atoms with Gasteiger partial charge >= 0.3 is 0 Å². The molecular formula is C23H33N3O4. The highest BCUT2D eigenvalue weighted by Crippen LogP contribution is 2.35. The first-order valence-corrected chi connectivity index (χ1v) is 11.3. The second-order valence-corrected chi connectivity index (χ2v) is 8.72. The largest absolute Gasteiger partial charge is 0.454 e. The van der Waals surface area contributed by atoms with Gasteiger partial charge in [-0.05, 0) is 37.3 Å². The molecule has 1 saturated heterocycles. The van der Waals surface area contributed by atoms with Gasteiger partial charge in [-0.25, -0.2) is 0 Å². The molecule has 2 atom stereocenters. The van der Waals surface area contributed by atoms with Gasteiger partial charge in [-0.3, -0.25) is 14.5 Å². The van der Waals surface area contributed by atoms with Crippen molar-refractivity contribution in [1.29, 1.82) is 0 Å². The number of amides is 2. The Morgan fingerprint density at radius 1 is 1.10 bits per heavy atom. The van der Waals surface area contributed by atoms with E-state index in [0.29, 0.717) is 30.5 Å². The van der Waals surface area contributed by atoms with Crippen molar-refractivity contribution < 1.29 is 19.1 Å². The Hall–Kier alpha value is -2.28. The van der Waals surface area contributed by atoms with Gasteiger partial charge in [-0.2, -0.15) is 0 Å². The molecule has 2 amide bonds. The van der Waals surface area contributed by atoms with E-state index in [1.54, 1.807) is 0 Å². The van der Waals surface area contributed by atoms with E-state index < -0.39 is 0 Å². The van der Waals surface area contributed by atoms with E-state index in [2.05, 4.69) is 17.1 Å². The molecule has 7 heteroatoms. The average molecular weight is 416 g/mol. The van der Waals surface area contributed by atoms with Crippen molar-refractivity contribution in [3.8, 4) is 11.5 Å². The van der Waals surface area contributed by atoms with Gasteiger partial charge in [0.15, 0.2) is 11.5 Å². The molecule has 4 rings (SSSR count). The topological polar surface area (TPSA) is 71.1 Å². The number of carbonyl (C=O) groups is 2. The van der Waals surface area contributed by atoms with Crippen LogP contribution in [0, 0.1) is 11.8 Å². The van der Waals surface area contributed by atoms with Crippen LogP contribution in [0.1, 0.15) is 46.0 Å². The standard InChI is InChI=1S/C23H33N3O4/c1-3-16(2)23(28)26-12-10-25(11-13-26)21(17-6-4-5-7-17)22(27)24-18-8-9-19-20(14-18)30-15-29-19/h8-9,14,16-17,21H,3-7,10-13,15H2,1-2H3,(H,24,27)/t16-,21+/m1/s1. The Morgan fingerprint density at radius 2 is 1.80 bits per heavy atom. The minimum atomic E-state index is -0.154. The van der Waals surface area contributed by atoms with Crippen molar-refractivity contribution in [2.45, 2.75) is 52.0 Å². The van der Waals surface area contributed by atoms with Gasteiger partial charge in [0.25, 0.3) is 0 Å². The highest BCUT2D eigenvalue weighted by atomic mass is 16.7. The van der Waals surface area contributed by atoms with Gasteiger partial charge in [-0.1, -0.05) is 26.7 Å². The molecular weight excluding hydrogens is 382 g/mol. The highest BCUT2D eigenvalue weighted by molar-refractivity contribution is 5.95. The zero-order chi connectivity index (χ0) is 21.1. The van der Waals surface area contributed by atoms with Gasteiger partial charge in [0.05, 0.1) is 6.04 Å². The fourth-order valence-corrected chi connectivity index (χ4v) is 4.85. The third-order valence-electron chi connectivity index (χ3n) is 6.81. The minimum Gasteiger partial charge on any atom is -0.454 e. The summed E-state index contributed by atoms with van der Waals surface area (Å²) in [5.41, 5.74) is 0.734. The van der Waals surface area contributed by atoms with E-state index >= 15 is 0 Å². The molecule has 30 heavy (non-hydrogen) atoms. The number of nitrogens with one attached hydrogen (secondary N) is 1. The van der Waals surface area contributed by atoms with Crippen LogP contribution < -0.4 is 14.8 Å². The van der Waals surface area contributed by atoms with Crippen LogP contribution in [-0.2, 0) is 9.59 Å². The van der Waals surface area contributed by atoms with Gasteiger partial charge in [0, 0.05) is 43.9 Å². The normalized spacial score (nSPS) is 21.5. The SMILES string of the molecule is CC[C@@H](C)C(=O)N1CCN([C@H](C(=O)Nc2ccc3c(c2)OCO3)C2CCCC2)CC1. The molecule has 3 aliphatic rings. The molecule has 0 aromatic heterocycles. The van der Waals surface area contributed by atoms with Crippen molar-refractivity contribution in [2.75, 3.05) is 38.3 Å². The van der Waals surface area contributed by atoms with E-state index in [1.807, 2.05) is 30.0 Å². The maximum atomic E-state index is 13.4. The molecule has 1 aromatic carbocycles. The molecule has 164 valence electrons. The number of rotatable bonds is 6. The quantitative estimate of drug-likeness (QED) is 0.773. The Labute approximate surface area is 178 Å². The predicted octanol–water partition coefficient (Wildman–Crippen LogP) is 3.10. The van der Waals surface area contributed by atoms with Crippen molar-refractivity contribution in [3.63, 3.8) is 0 Å². The lowest BCUT2D eigenvalue weighted by molar-refractivity contribution is -0.138. The average Bonchev–Trinajstić information content (AvgIpc) is 3.45. The van der Waals surface area contributed by atoms with E-state index in [1.165, 1.54) is 12.8 Å². The molecule has 2 heterocycles. The molecule has 2 aliphatic heterocycles. The first-order chi connectivity index (χ1) is 14.6. The Balaban J connectivity index is 1.43. The lowest BCUT2D eigenvalue weighted by Crippen LogP contribution is -2.57. The van der Waals surface area contributed by atoms with Gasteiger partial charge < -0.3 is 19.7 Å². The summed E-state index contributed by atoms with van der Waals surface area (Å²) in [6.07, 6.45) is 5.41. The Morgan fingerprint density at radius 3 is 2.50 bits per heavy atom. The number of benzene rings is 1. The number of ether oxygens (including phenoxy) is 2. The summed E-state index contributed by atoms with van der Waals surface area (Å²) < 4.78 is 10.8. The zero-order valence-corrected chi connectivity index (χ0v) is 18.1. The number of anilines is 1. The molecule has 0 spiro atoms. The lowest BCUT2D eigenvalue weighted by Gasteiger charge is -2.41. The monoisotopic (exact) mass is 415 g/mol. The summed E-state index contributed by atoms with van der Waals surface area (Å²) in [6, 6.07) is 5.37. The molecule has 1 N–H and O–H groups in total. The zero-order valence-electron chi connectivity index (χ0n) is 18.1. The van der Waals surface area contributed by atoms with E-state index in [9.17, 15) is 9.59 Å². The molecule has 1 aliphatic carbocycles. The van der Waals surface area contributed by atoms with Gasteiger partial charge in [-0.15, -0.1) is 0 Å². The number of carbonyl (C=O) groups excluding carboxylic acids is 2. The third kappa shape index (κ3) is 4.41. The van der Waals surface area contributed by atoms with E-state index in [-0.39, 0.29) is 30.6 Å². The third-order valence-corrected chi connectivity index (χ3v) is 6.81. The summed E-state index contributed by atoms with van der Waals surface area (Å²) >= 11 is 0. The smallest absolute Gasteiger partial charge is 0.242 e. The number of hydrogen-bond acceptors (Lipinski definition) is 5. The maximum absolute atomic E-state index is 13.4. The van der Waals surface area contributed by atoms with Gasteiger partial charge in [0.2, 0.25) is 18.6 Å². The second-order valence-electron chi connectivity index (χ2n) is 8.72. The summed E-state index contributed by atoms with van der Waals surface area (Å²) in [5, 5.41) is 3.11. The van der Waals surface area contributed by atoms with Crippen LogP contribution in [0.25, 0.3) is 0 Å². The molecule has 0 unspecified atom stereocenters. The van der Waals surface area contributed by atoms with Crippen LogP contribution in [0.5, 0.6) is 11.5 Å². The second kappa shape index (κ2) is 9.25. The Bertz CT molecular complexity index is 770. The van der Waals surface area contributed by atoms with Crippen molar-refractivity contribution in [3.05, 3.63) is 18.2 Å². The number of hydrogen-bond donors (Lipinski definition) is 1. The fraction of sp³-hybridized carbons (Fsp3) is 0.652. The first kappa shape index (κ1) is 21.0. The summed E-state index contributed by atoms with van der Waals surface area (Å²) in [4.78, 5) is 30.2. The summed E-state index contributed by atoms with van der Waals surface area (Å²) in [7, 11) is 0. The lowest BCUT2D eigenvalue weighted by atomic mass is 9.94. The van der Waals surface area contributed by atoms with Crippen LogP contribution in [0.15, 0.2) is 18.2 Å². The van der Waals surface area contributed by atoms with Gasteiger partial charge in [0.1, 0.15) is 0 Å². The van der Waals surface area contributed by atoms with Crippen molar-refractivity contribution >= 4 is 17.5 Å². The molecule has 1 aromatic rings.